The van der Waals surface area contributed by atoms with Crippen LogP contribution in [0.5, 0.6) is 0 Å². The molecule has 1 fully saturated rings. The number of imide groups is 1. The van der Waals surface area contributed by atoms with E-state index in [1.54, 1.807) is 23.1 Å². The number of anilines is 2. The van der Waals surface area contributed by atoms with Gasteiger partial charge < -0.3 is 10.2 Å². The number of carbonyl (C=O) groups excluding carboxylic acids is 4. The first-order valence-electron chi connectivity index (χ1n) is 11.6. The quantitative estimate of drug-likeness (QED) is 0.669. The molecule has 3 aliphatic rings. The maximum atomic E-state index is 13.3. The molecular formula is C26H28N4O4. The van der Waals surface area contributed by atoms with E-state index in [4.69, 9.17) is 0 Å². The van der Waals surface area contributed by atoms with Crippen LogP contribution in [0.2, 0.25) is 0 Å². The summed E-state index contributed by atoms with van der Waals surface area (Å²) in [4.78, 5) is 53.2. The Morgan fingerprint density at radius 1 is 1.09 bits per heavy atom. The number of urea groups is 1. The maximum absolute atomic E-state index is 13.3. The minimum atomic E-state index is -0.661. The highest BCUT2D eigenvalue weighted by atomic mass is 16.2. The van der Waals surface area contributed by atoms with Crippen molar-refractivity contribution in [1.29, 1.82) is 0 Å². The van der Waals surface area contributed by atoms with Crippen molar-refractivity contribution < 1.29 is 19.2 Å². The number of hydrogen-bond donors (Lipinski definition) is 2. The third-order valence-corrected chi connectivity index (χ3v) is 7.03. The van der Waals surface area contributed by atoms with Crippen molar-refractivity contribution in [2.75, 3.05) is 16.8 Å². The van der Waals surface area contributed by atoms with Crippen molar-refractivity contribution in [3.05, 3.63) is 59.2 Å². The third kappa shape index (κ3) is 3.73. The summed E-state index contributed by atoms with van der Waals surface area (Å²) >= 11 is 0. The maximum Gasteiger partial charge on any atom is 0.326 e. The van der Waals surface area contributed by atoms with E-state index in [9.17, 15) is 19.2 Å². The highest BCUT2D eigenvalue weighted by molar-refractivity contribution is 6.06. The van der Waals surface area contributed by atoms with Gasteiger partial charge in [0.1, 0.15) is 6.04 Å². The normalized spacial score (nSPS) is 21.9. The van der Waals surface area contributed by atoms with E-state index in [-0.39, 0.29) is 42.1 Å². The highest BCUT2D eigenvalue weighted by Gasteiger charge is 2.40. The molecule has 0 radical (unpaired) electrons. The van der Waals surface area contributed by atoms with Gasteiger partial charge >= 0.3 is 6.03 Å². The Morgan fingerprint density at radius 3 is 2.59 bits per heavy atom. The molecule has 176 valence electrons. The number of fused-ring (bicyclic) bond motifs is 2. The molecule has 34 heavy (non-hydrogen) atoms. The number of para-hydroxylation sites is 1. The Hall–Kier alpha value is -3.68. The van der Waals surface area contributed by atoms with E-state index >= 15 is 0 Å². The molecule has 3 aliphatic heterocycles. The Kier molecular flexibility index (Phi) is 5.19. The summed E-state index contributed by atoms with van der Waals surface area (Å²) in [5.41, 5.74) is 3.96. The summed E-state index contributed by atoms with van der Waals surface area (Å²) in [6, 6.07) is 12.3. The van der Waals surface area contributed by atoms with Crippen LogP contribution in [0.3, 0.4) is 0 Å². The lowest BCUT2D eigenvalue weighted by atomic mass is 9.78. The van der Waals surface area contributed by atoms with Crippen LogP contribution in [0.25, 0.3) is 0 Å². The van der Waals surface area contributed by atoms with Crippen LogP contribution in [0.15, 0.2) is 42.5 Å². The van der Waals surface area contributed by atoms with Crippen LogP contribution < -0.4 is 15.5 Å². The Bertz CT molecular complexity index is 1220. The Balaban J connectivity index is 1.33. The Morgan fingerprint density at radius 2 is 1.85 bits per heavy atom. The summed E-state index contributed by atoms with van der Waals surface area (Å²) in [5, 5.41) is 5.29. The lowest BCUT2D eigenvalue weighted by molar-refractivity contribution is -0.136. The fourth-order valence-corrected chi connectivity index (χ4v) is 5.18. The van der Waals surface area contributed by atoms with E-state index in [2.05, 4.69) is 37.5 Å². The lowest BCUT2D eigenvalue weighted by Crippen LogP contribution is -2.52. The van der Waals surface area contributed by atoms with Crippen LogP contribution >= 0.6 is 0 Å². The Labute approximate surface area is 198 Å². The van der Waals surface area contributed by atoms with E-state index in [1.165, 1.54) is 10.5 Å². The molecule has 3 heterocycles. The van der Waals surface area contributed by atoms with Crippen molar-refractivity contribution in [2.45, 2.75) is 52.1 Å². The first kappa shape index (κ1) is 22.1. The van der Waals surface area contributed by atoms with Crippen molar-refractivity contribution in [3.63, 3.8) is 0 Å². The molecule has 0 bridgehead atoms. The second-order valence-corrected chi connectivity index (χ2v) is 10.3. The van der Waals surface area contributed by atoms with Crippen LogP contribution in [0, 0.1) is 5.41 Å². The van der Waals surface area contributed by atoms with Crippen LogP contribution in [-0.4, -0.2) is 41.2 Å². The van der Waals surface area contributed by atoms with Gasteiger partial charge in [-0.25, -0.2) is 4.79 Å². The van der Waals surface area contributed by atoms with Crippen molar-refractivity contribution >= 4 is 35.1 Å². The number of piperidine rings is 1. The molecule has 0 spiro atoms. The molecule has 2 unspecified atom stereocenters. The minimum absolute atomic E-state index is 0.0124. The number of amides is 5. The van der Waals surface area contributed by atoms with Gasteiger partial charge in [0.2, 0.25) is 11.8 Å². The molecular weight excluding hydrogens is 432 g/mol. The van der Waals surface area contributed by atoms with E-state index < -0.39 is 11.9 Å². The third-order valence-electron chi connectivity index (χ3n) is 7.03. The SMILES string of the molecule is CC(C)(C)C1CN(C(=O)Nc2ccc3c(c2)CN(C2CCC(=O)NC2=O)C3=O)c2ccccc21. The largest absolute Gasteiger partial charge is 0.326 e. The molecule has 2 aromatic carbocycles. The number of benzene rings is 2. The molecule has 8 nitrogen and oxygen atoms in total. The van der Waals surface area contributed by atoms with Gasteiger partial charge in [0.05, 0.1) is 0 Å². The number of nitrogens with one attached hydrogen (secondary N) is 2. The van der Waals surface area contributed by atoms with Crippen LogP contribution in [0.4, 0.5) is 16.2 Å². The predicted molar refractivity (Wildman–Crippen MR) is 127 cm³/mol. The number of rotatable bonds is 2. The summed E-state index contributed by atoms with van der Waals surface area (Å²) in [6.45, 7) is 7.41. The summed E-state index contributed by atoms with van der Waals surface area (Å²) in [7, 11) is 0. The molecule has 0 saturated carbocycles. The van der Waals surface area contributed by atoms with Crippen LogP contribution in [-0.2, 0) is 16.1 Å². The van der Waals surface area contributed by atoms with Gasteiger partial charge in [-0.1, -0.05) is 39.0 Å². The zero-order valence-electron chi connectivity index (χ0n) is 19.6. The lowest BCUT2D eigenvalue weighted by Gasteiger charge is -2.29. The number of nitrogens with zero attached hydrogens (tertiary/aromatic N) is 2. The fourth-order valence-electron chi connectivity index (χ4n) is 5.18. The summed E-state index contributed by atoms with van der Waals surface area (Å²) in [6.07, 6.45) is 0.530. The minimum Gasteiger partial charge on any atom is -0.322 e. The van der Waals surface area contributed by atoms with Gasteiger partial charge in [-0.2, -0.15) is 0 Å². The average Bonchev–Trinajstić information content (AvgIpc) is 3.32. The van der Waals surface area contributed by atoms with Crippen molar-refractivity contribution in [2.24, 2.45) is 5.41 Å². The molecule has 8 heteroatoms. The van der Waals surface area contributed by atoms with Crippen molar-refractivity contribution in [1.82, 2.24) is 10.2 Å². The molecule has 2 aromatic rings. The summed E-state index contributed by atoms with van der Waals surface area (Å²) < 4.78 is 0. The highest BCUT2D eigenvalue weighted by Crippen LogP contribution is 2.45. The van der Waals surface area contributed by atoms with Gasteiger partial charge in [0, 0.05) is 42.4 Å². The van der Waals surface area contributed by atoms with Gasteiger partial charge in [-0.05, 0) is 47.2 Å². The second kappa shape index (κ2) is 7.97. The van der Waals surface area contributed by atoms with E-state index in [0.29, 0.717) is 24.2 Å². The molecule has 0 aliphatic carbocycles. The molecule has 5 rings (SSSR count). The zero-order valence-corrected chi connectivity index (χ0v) is 19.6. The first-order chi connectivity index (χ1) is 16.1. The number of carbonyl (C=O) groups is 4. The molecule has 5 amide bonds. The average molecular weight is 461 g/mol. The van der Waals surface area contributed by atoms with Gasteiger partial charge in [0.25, 0.3) is 5.91 Å². The van der Waals surface area contributed by atoms with Gasteiger partial charge in [-0.15, -0.1) is 0 Å². The topological polar surface area (TPSA) is 98.8 Å². The monoisotopic (exact) mass is 460 g/mol. The molecule has 2 atom stereocenters. The van der Waals surface area contributed by atoms with Crippen molar-refractivity contribution in [3.8, 4) is 0 Å². The van der Waals surface area contributed by atoms with Crippen LogP contribution in [0.1, 0.15) is 61.0 Å². The number of hydrogen-bond acceptors (Lipinski definition) is 4. The molecule has 0 aromatic heterocycles. The van der Waals surface area contributed by atoms with Gasteiger partial charge in [0.15, 0.2) is 0 Å². The molecule has 1 saturated heterocycles. The second-order valence-electron chi connectivity index (χ2n) is 10.3. The van der Waals surface area contributed by atoms with Gasteiger partial charge in [-0.3, -0.25) is 24.6 Å². The summed E-state index contributed by atoms with van der Waals surface area (Å²) in [5.74, 6) is -0.752. The standard InChI is InChI=1S/C26H28N4O4/c1-26(2,3)19-14-30(20-7-5-4-6-18(19)20)25(34)27-16-8-9-17-15(12-16)13-29(24(17)33)21-10-11-22(31)28-23(21)32/h4-9,12,19,21H,10-11,13-14H2,1-3H3,(H,27,34)(H,28,31,32). The van der Waals surface area contributed by atoms with E-state index in [1.807, 2.05) is 18.2 Å². The first-order valence-corrected chi connectivity index (χ1v) is 11.6. The fraction of sp³-hybridized carbons (Fsp3) is 0.385. The smallest absolute Gasteiger partial charge is 0.322 e. The predicted octanol–water partition coefficient (Wildman–Crippen LogP) is 3.63. The molecule has 2 N–H and O–H groups in total. The zero-order chi connectivity index (χ0) is 24.2. The van der Waals surface area contributed by atoms with E-state index in [0.717, 1.165) is 11.3 Å².